The van der Waals surface area contributed by atoms with Crippen molar-refractivity contribution in [3.05, 3.63) is 88.7 Å². The van der Waals surface area contributed by atoms with Gasteiger partial charge >= 0.3 is 0 Å². The van der Waals surface area contributed by atoms with Crippen LogP contribution in [0.1, 0.15) is 21.7 Å². The summed E-state index contributed by atoms with van der Waals surface area (Å²) in [6.45, 7) is 3.90. The van der Waals surface area contributed by atoms with E-state index in [2.05, 4.69) is 15.4 Å². The summed E-state index contributed by atoms with van der Waals surface area (Å²) in [6, 6.07) is 20.5. The number of halogens is 1. The Morgan fingerprint density at radius 3 is 2.32 bits per heavy atom. The molecule has 3 aromatic carbocycles. The van der Waals surface area contributed by atoms with Crippen LogP contribution in [0.15, 0.2) is 66.7 Å². The van der Waals surface area contributed by atoms with E-state index in [9.17, 15) is 4.79 Å². The summed E-state index contributed by atoms with van der Waals surface area (Å²) >= 11 is 6.19. The quantitative estimate of drug-likeness (QED) is 0.454. The minimum Gasteiger partial charge on any atom is -0.497 e. The highest BCUT2D eigenvalue weighted by Gasteiger charge is 2.20. The summed E-state index contributed by atoms with van der Waals surface area (Å²) in [5, 5.41) is 8.01. The van der Waals surface area contributed by atoms with Gasteiger partial charge in [0, 0.05) is 16.3 Å². The van der Waals surface area contributed by atoms with Crippen LogP contribution >= 0.6 is 11.6 Å². The van der Waals surface area contributed by atoms with E-state index in [0.29, 0.717) is 16.5 Å². The number of rotatable bonds is 5. The SMILES string of the molecule is COc1ccc(-c2nc(C(=O)Nc3c(C)cccc3C)nn2-c2cccc(Cl)c2)cc1. The number of nitrogens with zero attached hydrogens (tertiary/aromatic N) is 3. The standard InChI is InChI=1S/C24H21ClN4O2/c1-15-6-4-7-16(2)21(15)26-24(30)22-27-23(17-10-12-20(31-3)13-11-17)29(28-22)19-9-5-8-18(25)14-19/h4-14H,1-3H3,(H,26,30). The maximum absolute atomic E-state index is 13.0. The van der Waals surface area contributed by atoms with E-state index in [1.54, 1.807) is 23.9 Å². The van der Waals surface area contributed by atoms with E-state index >= 15 is 0 Å². The maximum atomic E-state index is 13.0. The van der Waals surface area contributed by atoms with Gasteiger partial charge in [-0.1, -0.05) is 35.9 Å². The first-order valence-electron chi connectivity index (χ1n) is 9.71. The molecule has 0 bridgehead atoms. The van der Waals surface area contributed by atoms with Gasteiger partial charge in [-0.15, -0.1) is 5.10 Å². The van der Waals surface area contributed by atoms with Crippen LogP contribution < -0.4 is 10.1 Å². The number of aromatic nitrogens is 3. The molecule has 0 aliphatic heterocycles. The zero-order valence-electron chi connectivity index (χ0n) is 17.4. The van der Waals surface area contributed by atoms with E-state index in [-0.39, 0.29) is 11.7 Å². The van der Waals surface area contributed by atoms with Gasteiger partial charge in [-0.05, 0) is 67.4 Å². The van der Waals surface area contributed by atoms with E-state index in [1.165, 1.54) is 0 Å². The Morgan fingerprint density at radius 1 is 1.00 bits per heavy atom. The highest BCUT2D eigenvalue weighted by Crippen LogP contribution is 2.26. The Bertz CT molecular complexity index is 1230. The highest BCUT2D eigenvalue weighted by atomic mass is 35.5. The summed E-state index contributed by atoms with van der Waals surface area (Å²) in [5.41, 5.74) is 4.20. The van der Waals surface area contributed by atoms with Gasteiger partial charge in [0.1, 0.15) is 5.75 Å². The Kier molecular flexibility index (Phi) is 5.73. The third-order valence-electron chi connectivity index (χ3n) is 4.93. The van der Waals surface area contributed by atoms with Crippen molar-refractivity contribution in [2.45, 2.75) is 13.8 Å². The summed E-state index contributed by atoms with van der Waals surface area (Å²) in [6.07, 6.45) is 0. The number of methoxy groups -OCH3 is 1. The summed E-state index contributed by atoms with van der Waals surface area (Å²) in [4.78, 5) is 17.6. The molecule has 0 aliphatic carbocycles. The molecule has 0 unspecified atom stereocenters. The summed E-state index contributed by atoms with van der Waals surface area (Å²) < 4.78 is 6.86. The van der Waals surface area contributed by atoms with Crippen molar-refractivity contribution >= 4 is 23.2 Å². The molecular weight excluding hydrogens is 412 g/mol. The molecule has 0 saturated carbocycles. The van der Waals surface area contributed by atoms with Crippen molar-refractivity contribution in [1.82, 2.24) is 14.8 Å². The number of anilines is 1. The molecule has 1 N–H and O–H groups in total. The number of ether oxygens (including phenoxy) is 1. The van der Waals surface area contributed by atoms with Gasteiger partial charge in [0.25, 0.3) is 5.91 Å². The fourth-order valence-electron chi connectivity index (χ4n) is 3.30. The number of carbonyl (C=O) groups excluding carboxylic acids is 1. The number of para-hydroxylation sites is 1. The first-order chi connectivity index (χ1) is 15.0. The highest BCUT2D eigenvalue weighted by molar-refractivity contribution is 6.30. The molecule has 7 heteroatoms. The second-order valence-corrected chi connectivity index (χ2v) is 7.54. The zero-order valence-corrected chi connectivity index (χ0v) is 18.1. The molecular formula is C24H21ClN4O2. The fraction of sp³-hybridized carbons (Fsp3) is 0.125. The van der Waals surface area contributed by atoms with Crippen LogP contribution in [-0.4, -0.2) is 27.8 Å². The Hall–Kier alpha value is -3.64. The second-order valence-electron chi connectivity index (χ2n) is 7.10. The number of hydrogen-bond acceptors (Lipinski definition) is 4. The van der Waals surface area contributed by atoms with E-state index < -0.39 is 0 Å². The molecule has 1 heterocycles. The minimum atomic E-state index is -0.382. The van der Waals surface area contributed by atoms with Crippen LogP contribution in [0, 0.1) is 13.8 Å². The molecule has 0 radical (unpaired) electrons. The molecule has 4 rings (SSSR count). The maximum Gasteiger partial charge on any atom is 0.295 e. The van der Waals surface area contributed by atoms with Crippen molar-refractivity contribution in [3.63, 3.8) is 0 Å². The Morgan fingerprint density at radius 2 is 1.68 bits per heavy atom. The van der Waals surface area contributed by atoms with Crippen LogP contribution in [-0.2, 0) is 0 Å². The number of benzene rings is 3. The molecule has 0 atom stereocenters. The Balaban J connectivity index is 1.78. The van der Waals surface area contributed by atoms with Crippen molar-refractivity contribution < 1.29 is 9.53 Å². The Labute approximate surface area is 185 Å². The molecule has 4 aromatic rings. The molecule has 0 saturated heterocycles. The van der Waals surface area contributed by atoms with Gasteiger partial charge in [0.05, 0.1) is 12.8 Å². The number of carbonyl (C=O) groups is 1. The lowest BCUT2D eigenvalue weighted by molar-refractivity contribution is 0.101. The van der Waals surface area contributed by atoms with E-state index in [0.717, 1.165) is 28.1 Å². The van der Waals surface area contributed by atoms with Crippen molar-refractivity contribution in [2.75, 3.05) is 12.4 Å². The van der Waals surface area contributed by atoms with Crippen LogP contribution in [0.3, 0.4) is 0 Å². The largest absolute Gasteiger partial charge is 0.497 e. The number of hydrogen-bond donors (Lipinski definition) is 1. The van der Waals surface area contributed by atoms with Crippen LogP contribution in [0.4, 0.5) is 5.69 Å². The minimum absolute atomic E-state index is 0.0634. The van der Waals surface area contributed by atoms with Gasteiger partial charge in [-0.25, -0.2) is 9.67 Å². The first-order valence-corrected chi connectivity index (χ1v) is 10.1. The first kappa shape index (κ1) is 20.6. The number of aryl methyl sites for hydroxylation is 2. The normalized spacial score (nSPS) is 10.7. The lowest BCUT2D eigenvalue weighted by Crippen LogP contribution is -2.16. The smallest absolute Gasteiger partial charge is 0.295 e. The molecule has 1 aromatic heterocycles. The molecule has 0 aliphatic rings. The molecule has 31 heavy (non-hydrogen) atoms. The predicted octanol–water partition coefficient (Wildman–Crippen LogP) is 5.47. The molecule has 0 spiro atoms. The van der Waals surface area contributed by atoms with Crippen LogP contribution in [0.2, 0.25) is 5.02 Å². The van der Waals surface area contributed by atoms with Gasteiger partial charge < -0.3 is 10.1 Å². The number of amides is 1. The molecule has 0 fully saturated rings. The van der Waals surface area contributed by atoms with Gasteiger partial charge in [-0.3, -0.25) is 4.79 Å². The summed E-state index contributed by atoms with van der Waals surface area (Å²) in [5.74, 6) is 0.934. The summed E-state index contributed by atoms with van der Waals surface area (Å²) in [7, 11) is 1.61. The van der Waals surface area contributed by atoms with Crippen molar-refractivity contribution in [3.8, 4) is 22.8 Å². The zero-order chi connectivity index (χ0) is 22.0. The van der Waals surface area contributed by atoms with Crippen LogP contribution in [0.5, 0.6) is 5.75 Å². The van der Waals surface area contributed by atoms with Crippen LogP contribution in [0.25, 0.3) is 17.1 Å². The lowest BCUT2D eigenvalue weighted by Gasteiger charge is -2.09. The van der Waals surface area contributed by atoms with Crippen molar-refractivity contribution in [1.29, 1.82) is 0 Å². The average molecular weight is 433 g/mol. The topological polar surface area (TPSA) is 69.0 Å². The second kappa shape index (κ2) is 8.62. The average Bonchev–Trinajstić information content (AvgIpc) is 3.22. The number of nitrogens with one attached hydrogen (secondary N) is 1. The molecule has 6 nitrogen and oxygen atoms in total. The van der Waals surface area contributed by atoms with Crippen molar-refractivity contribution in [2.24, 2.45) is 0 Å². The van der Waals surface area contributed by atoms with Gasteiger partial charge in [0.2, 0.25) is 5.82 Å². The van der Waals surface area contributed by atoms with Gasteiger partial charge in [0.15, 0.2) is 5.82 Å². The third-order valence-corrected chi connectivity index (χ3v) is 5.17. The van der Waals surface area contributed by atoms with Gasteiger partial charge in [-0.2, -0.15) is 0 Å². The molecule has 156 valence electrons. The molecule has 1 amide bonds. The van der Waals surface area contributed by atoms with E-state index in [4.69, 9.17) is 16.3 Å². The van der Waals surface area contributed by atoms with E-state index in [1.807, 2.05) is 68.4 Å². The monoisotopic (exact) mass is 432 g/mol. The predicted molar refractivity (Wildman–Crippen MR) is 122 cm³/mol. The lowest BCUT2D eigenvalue weighted by atomic mass is 10.1. The third kappa shape index (κ3) is 4.29. The fourth-order valence-corrected chi connectivity index (χ4v) is 3.49.